The minimum atomic E-state index is 0.125. The standard InChI is InChI=1S/C15H22ClNO/c1-3-5-6-10-18-15-9-7-8-14(16)13(15)11-12(17)4-2/h3,7-9,12H,1,4-6,10-11,17H2,2H3. The highest BCUT2D eigenvalue weighted by molar-refractivity contribution is 6.31. The average Bonchev–Trinajstić information content (AvgIpc) is 2.38. The first-order chi connectivity index (χ1) is 8.69. The predicted octanol–water partition coefficient (Wildman–Crippen LogP) is 3.96. The van der Waals surface area contributed by atoms with Crippen LogP contribution >= 0.6 is 11.6 Å². The van der Waals surface area contributed by atoms with Gasteiger partial charge in [-0.15, -0.1) is 6.58 Å². The fourth-order valence-electron chi connectivity index (χ4n) is 1.69. The molecule has 0 radical (unpaired) electrons. The first-order valence-electron chi connectivity index (χ1n) is 6.45. The van der Waals surface area contributed by atoms with E-state index in [0.717, 1.165) is 42.0 Å². The van der Waals surface area contributed by atoms with Crippen molar-refractivity contribution in [1.29, 1.82) is 0 Å². The smallest absolute Gasteiger partial charge is 0.124 e. The molecule has 0 aliphatic carbocycles. The second-order valence-corrected chi connectivity index (χ2v) is 4.78. The van der Waals surface area contributed by atoms with Crippen LogP contribution < -0.4 is 10.5 Å². The lowest BCUT2D eigenvalue weighted by molar-refractivity contribution is 0.308. The van der Waals surface area contributed by atoms with Gasteiger partial charge in [0, 0.05) is 16.6 Å². The third-order valence-corrected chi connectivity index (χ3v) is 3.23. The molecule has 0 bridgehead atoms. The molecule has 1 unspecified atom stereocenters. The Labute approximate surface area is 115 Å². The van der Waals surface area contributed by atoms with Crippen LogP contribution in [-0.4, -0.2) is 12.6 Å². The Bertz CT molecular complexity index is 379. The second-order valence-electron chi connectivity index (χ2n) is 4.37. The van der Waals surface area contributed by atoms with Crippen LogP contribution in [0, 0.1) is 0 Å². The van der Waals surface area contributed by atoms with Crippen LogP contribution in [0.15, 0.2) is 30.9 Å². The first-order valence-corrected chi connectivity index (χ1v) is 6.83. The van der Waals surface area contributed by atoms with Gasteiger partial charge in [-0.1, -0.05) is 30.7 Å². The number of rotatable bonds is 8. The molecule has 1 aromatic rings. The summed E-state index contributed by atoms with van der Waals surface area (Å²) in [5.41, 5.74) is 7.01. The monoisotopic (exact) mass is 267 g/mol. The average molecular weight is 268 g/mol. The predicted molar refractivity (Wildman–Crippen MR) is 78.3 cm³/mol. The zero-order chi connectivity index (χ0) is 13.4. The molecule has 0 fully saturated rings. The van der Waals surface area contributed by atoms with Crippen molar-refractivity contribution in [3.8, 4) is 5.75 Å². The van der Waals surface area contributed by atoms with Gasteiger partial charge in [0.2, 0.25) is 0 Å². The van der Waals surface area contributed by atoms with Crippen LogP contribution in [0.3, 0.4) is 0 Å². The summed E-state index contributed by atoms with van der Waals surface area (Å²) >= 11 is 6.22. The quantitative estimate of drug-likeness (QED) is 0.571. The van der Waals surface area contributed by atoms with E-state index in [1.54, 1.807) is 0 Å². The maximum Gasteiger partial charge on any atom is 0.124 e. The van der Waals surface area contributed by atoms with E-state index in [1.807, 2.05) is 24.3 Å². The fraction of sp³-hybridized carbons (Fsp3) is 0.467. The molecule has 2 nitrogen and oxygen atoms in total. The number of ether oxygens (including phenoxy) is 1. The van der Waals surface area contributed by atoms with Gasteiger partial charge in [-0.2, -0.15) is 0 Å². The molecular weight excluding hydrogens is 246 g/mol. The summed E-state index contributed by atoms with van der Waals surface area (Å²) in [4.78, 5) is 0. The maximum atomic E-state index is 6.22. The van der Waals surface area contributed by atoms with Crippen LogP contribution in [-0.2, 0) is 6.42 Å². The minimum absolute atomic E-state index is 0.125. The number of hydrogen-bond acceptors (Lipinski definition) is 2. The summed E-state index contributed by atoms with van der Waals surface area (Å²) < 4.78 is 5.78. The van der Waals surface area contributed by atoms with Crippen LogP contribution in [0.2, 0.25) is 5.02 Å². The summed E-state index contributed by atoms with van der Waals surface area (Å²) in [5, 5.41) is 0.736. The number of unbranched alkanes of at least 4 members (excludes halogenated alkanes) is 1. The number of nitrogens with two attached hydrogens (primary N) is 1. The Hall–Kier alpha value is -0.990. The van der Waals surface area contributed by atoms with Crippen molar-refractivity contribution in [2.45, 2.75) is 38.6 Å². The van der Waals surface area contributed by atoms with E-state index in [9.17, 15) is 0 Å². The van der Waals surface area contributed by atoms with Gasteiger partial charge in [0.05, 0.1) is 6.61 Å². The number of allylic oxidation sites excluding steroid dienone is 1. The highest BCUT2D eigenvalue weighted by Gasteiger charge is 2.11. The Morgan fingerprint density at radius 3 is 2.94 bits per heavy atom. The molecule has 0 amide bonds. The number of hydrogen-bond donors (Lipinski definition) is 1. The molecule has 2 N–H and O–H groups in total. The van der Waals surface area contributed by atoms with Crippen molar-refractivity contribution in [2.75, 3.05) is 6.61 Å². The van der Waals surface area contributed by atoms with E-state index in [-0.39, 0.29) is 6.04 Å². The highest BCUT2D eigenvalue weighted by Crippen LogP contribution is 2.28. The third kappa shape index (κ3) is 4.71. The van der Waals surface area contributed by atoms with Crippen LogP contribution in [0.4, 0.5) is 0 Å². The van der Waals surface area contributed by atoms with E-state index in [2.05, 4.69) is 13.5 Å². The zero-order valence-electron chi connectivity index (χ0n) is 11.0. The lowest BCUT2D eigenvalue weighted by atomic mass is 10.0. The second kappa shape index (κ2) is 8.17. The summed E-state index contributed by atoms with van der Waals surface area (Å²) in [5.74, 6) is 0.857. The Morgan fingerprint density at radius 2 is 2.28 bits per heavy atom. The van der Waals surface area contributed by atoms with Crippen LogP contribution in [0.5, 0.6) is 5.75 Å². The Morgan fingerprint density at radius 1 is 1.50 bits per heavy atom. The van der Waals surface area contributed by atoms with Crippen molar-refractivity contribution < 1.29 is 4.74 Å². The van der Waals surface area contributed by atoms with E-state index in [0.29, 0.717) is 6.61 Å². The Balaban J connectivity index is 2.70. The molecule has 1 aromatic carbocycles. The van der Waals surface area contributed by atoms with Crippen molar-refractivity contribution in [3.63, 3.8) is 0 Å². The molecule has 0 saturated carbocycles. The highest BCUT2D eigenvalue weighted by atomic mass is 35.5. The summed E-state index contributed by atoms with van der Waals surface area (Å²) in [6.07, 6.45) is 5.52. The van der Waals surface area contributed by atoms with Crippen LogP contribution in [0.25, 0.3) is 0 Å². The molecule has 0 aliphatic heterocycles. The van der Waals surface area contributed by atoms with Crippen molar-refractivity contribution in [2.24, 2.45) is 5.73 Å². The molecule has 100 valence electrons. The molecular formula is C15H22ClNO. The lowest BCUT2D eigenvalue weighted by Crippen LogP contribution is -2.22. The van der Waals surface area contributed by atoms with Crippen molar-refractivity contribution in [1.82, 2.24) is 0 Å². The molecule has 0 saturated heterocycles. The molecule has 0 aliphatic rings. The molecule has 3 heteroatoms. The molecule has 0 spiro atoms. The van der Waals surface area contributed by atoms with E-state index < -0.39 is 0 Å². The molecule has 1 rings (SSSR count). The lowest BCUT2D eigenvalue weighted by Gasteiger charge is -2.15. The van der Waals surface area contributed by atoms with Gasteiger partial charge < -0.3 is 10.5 Å². The first kappa shape index (κ1) is 15.1. The minimum Gasteiger partial charge on any atom is -0.493 e. The fourth-order valence-corrected chi connectivity index (χ4v) is 1.93. The summed E-state index contributed by atoms with van der Waals surface area (Å²) in [6.45, 7) is 6.45. The number of halogens is 1. The summed E-state index contributed by atoms with van der Waals surface area (Å²) in [6, 6.07) is 5.87. The van der Waals surface area contributed by atoms with E-state index >= 15 is 0 Å². The van der Waals surface area contributed by atoms with Gasteiger partial charge in [0.15, 0.2) is 0 Å². The van der Waals surface area contributed by atoms with Crippen LogP contribution in [0.1, 0.15) is 31.7 Å². The molecule has 0 aromatic heterocycles. The van der Waals surface area contributed by atoms with Crippen molar-refractivity contribution in [3.05, 3.63) is 41.4 Å². The van der Waals surface area contributed by atoms with Gasteiger partial charge in [0.25, 0.3) is 0 Å². The largest absolute Gasteiger partial charge is 0.493 e. The maximum absolute atomic E-state index is 6.22. The van der Waals surface area contributed by atoms with Gasteiger partial charge in [-0.05, 0) is 37.8 Å². The number of benzene rings is 1. The molecule has 18 heavy (non-hydrogen) atoms. The molecule has 0 heterocycles. The third-order valence-electron chi connectivity index (χ3n) is 2.88. The zero-order valence-corrected chi connectivity index (χ0v) is 11.7. The topological polar surface area (TPSA) is 35.2 Å². The van der Waals surface area contributed by atoms with Gasteiger partial charge in [-0.25, -0.2) is 0 Å². The summed E-state index contributed by atoms with van der Waals surface area (Å²) in [7, 11) is 0. The Kier molecular flexibility index (Phi) is 6.84. The van der Waals surface area contributed by atoms with Gasteiger partial charge in [-0.3, -0.25) is 0 Å². The van der Waals surface area contributed by atoms with Crippen molar-refractivity contribution >= 4 is 11.6 Å². The van der Waals surface area contributed by atoms with E-state index in [4.69, 9.17) is 22.1 Å². The van der Waals surface area contributed by atoms with Gasteiger partial charge in [0.1, 0.15) is 5.75 Å². The van der Waals surface area contributed by atoms with Gasteiger partial charge >= 0.3 is 0 Å². The van der Waals surface area contributed by atoms with E-state index in [1.165, 1.54) is 0 Å². The normalized spacial score (nSPS) is 12.2. The molecule has 1 atom stereocenters. The SMILES string of the molecule is C=CCCCOc1cccc(Cl)c1CC(N)CC.